The summed E-state index contributed by atoms with van der Waals surface area (Å²) in [6, 6.07) is 5.45. The van der Waals surface area contributed by atoms with E-state index in [1.54, 1.807) is 6.07 Å². The van der Waals surface area contributed by atoms with Gasteiger partial charge in [0, 0.05) is 10.6 Å². The van der Waals surface area contributed by atoms with Crippen LogP contribution in [0.4, 0.5) is 0 Å². The lowest BCUT2D eigenvalue weighted by Crippen LogP contribution is -2.27. The normalized spacial score (nSPS) is 24.4. The predicted molar refractivity (Wildman–Crippen MR) is 78.2 cm³/mol. The molecular weight excluding hydrogens is 276 g/mol. The molecule has 1 unspecified atom stereocenters. The molecule has 1 saturated carbocycles. The summed E-state index contributed by atoms with van der Waals surface area (Å²) in [6.45, 7) is 0.430. The van der Waals surface area contributed by atoms with Crippen LogP contribution >= 0.6 is 11.6 Å². The molecule has 1 aliphatic heterocycles. The molecule has 3 nitrogen and oxygen atoms in total. The summed E-state index contributed by atoms with van der Waals surface area (Å²) in [5.41, 5.74) is 0.796. The van der Waals surface area contributed by atoms with Crippen molar-refractivity contribution in [3.63, 3.8) is 0 Å². The molecule has 110 valence electrons. The highest BCUT2D eigenvalue weighted by molar-refractivity contribution is 6.31. The number of ether oxygens (including phenoxy) is 2. The van der Waals surface area contributed by atoms with E-state index in [0.717, 1.165) is 12.8 Å². The Morgan fingerprint density at radius 2 is 2.10 bits per heavy atom. The van der Waals surface area contributed by atoms with Gasteiger partial charge >= 0.3 is 0 Å². The fraction of sp³-hybridized carbons (Fsp3) is 0.625. The van der Waals surface area contributed by atoms with Crippen LogP contribution in [0.5, 0.6) is 5.75 Å². The molecule has 1 saturated heterocycles. The summed E-state index contributed by atoms with van der Waals surface area (Å²) in [4.78, 5) is 0. The van der Waals surface area contributed by atoms with Crippen LogP contribution in [0.1, 0.15) is 44.1 Å². The molecule has 20 heavy (non-hydrogen) atoms. The molecule has 1 atom stereocenters. The topological polar surface area (TPSA) is 38.7 Å². The minimum atomic E-state index is -0.107. The van der Waals surface area contributed by atoms with Gasteiger partial charge in [-0.1, -0.05) is 30.5 Å². The highest BCUT2D eigenvalue weighted by Gasteiger charge is 2.42. The zero-order chi connectivity index (χ0) is 14.0. The summed E-state index contributed by atoms with van der Waals surface area (Å²) in [5.74, 6) is 0.663. The second-order valence-corrected chi connectivity index (χ2v) is 6.26. The average Bonchev–Trinajstić information content (AvgIpc) is 3.07. The Balaban J connectivity index is 1.59. The van der Waals surface area contributed by atoms with E-state index >= 15 is 0 Å². The van der Waals surface area contributed by atoms with Gasteiger partial charge in [0.2, 0.25) is 0 Å². The van der Waals surface area contributed by atoms with Crippen LogP contribution in [0.3, 0.4) is 0 Å². The van der Waals surface area contributed by atoms with E-state index < -0.39 is 0 Å². The highest BCUT2D eigenvalue weighted by Crippen LogP contribution is 2.43. The summed E-state index contributed by atoms with van der Waals surface area (Å²) >= 11 is 6.05. The van der Waals surface area contributed by atoms with Gasteiger partial charge in [-0.15, -0.1) is 0 Å². The van der Waals surface area contributed by atoms with Crippen molar-refractivity contribution >= 4 is 11.6 Å². The van der Waals surface area contributed by atoms with Crippen LogP contribution < -0.4 is 4.74 Å². The van der Waals surface area contributed by atoms with Crippen LogP contribution in [0.25, 0.3) is 0 Å². The standard InChI is InChI=1S/C16H21ClO3/c17-14-4-3-5-15(13(14)10-18)19-11-12-6-9-16(20-12)7-1-2-8-16/h3-5,12,18H,1-2,6-11H2. The quantitative estimate of drug-likeness (QED) is 0.920. The maximum atomic E-state index is 9.36. The van der Waals surface area contributed by atoms with Gasteiger partial charge < -0.3 is 14.6 Å². The van der Waals surface area contributed by atoms with E-state index in [0.29, 0.717) is 22.9 Å². The third kappa shape index (κ3) is 2.80. The summed E-state index contributed by atoms with van der Waals surface area (Å²) < 4.78 is 12.0. The van der Waals surface area contributed by atoms with Crippen molar-refractivity contribution in [1.29, 1.82) is 0 Å². The van der Waals surface area contributed by atoms with Gasteiger partial charge in [-0.3, -0.25) is 0 Å². The van der Waals surface area contributed by atoms with Crippen molar-refractivity contribution in [2.24, 2.45) is 0 Å². The van der Waals surface area contributed by atoms with Crippen molar-refractivity contribution in [2.45, 2.75) is 56.8 Å². The number of rotatable bonds is 4. The molecule has 1 spiro atoms. The minimum Gasteiger partial charge on any atom is -0.490 e. The highest BCUT2D eigenvalue weighted by atomic mass is 35.5. The second kappa shape index (κ2) is 5.92. The van der Waals surface area contributed by atoms with Gasteiger partial charge in [0.25, 0.3) is 0 Å². The van der Waals surface area contributed by atoms with Gasteiger partial charge in [-0.25, -0.2) is 0 Å². The summed E-state index contributed by atoms with van der Waals surface area (Å²) in [5, 5.41) is 9.91. The Kier molecular flexibility index (Phi) is 4.20. The van der Waals surface area contributed by atoms with Gasteiger partial charge in [-0.05, 0) is 37.8 Å². The van der Waals surface area contributed by atoms with E-state index in [-0.39, 0.29) is 18.3 Å². The molecular formula is C16H21ClO3. The molecule has 3 rings (SSSR count). The van der Waals surface area contributed by atoms with Gasteiger partial charge in [0.05, 0.1) is 18.3 Å². The Bertz CT molecular complexity index is 469. The first-order valence-electron chi connectivity index (χ1n) is 7.41. The van der Waals surface area contributed by atoms with E-state index in [4.69, 9.17) is 21.1 Å². The number of halogens is 1. The number of hydrogen-bond donors (Lipinski definition) is 1. The van der Waals surface area contributed by atoms with E-state index in [1.807, 2.05) is 12.1 Å². The molecule has 1 aliphatic carbocycles. The van der Waals surface area contributed by atoms with E-state index in [2.05, 4.69) is 0 Å². The van der Waals surface area contributed by atoms with Crippen LogP contribution in [0.2, 0.25) is 5.02 Å². The average molecular weight is 297 g/mol. The lowest BCUT2D eigenvalue weighted by Gasteiger charge is -2.24. The largest absolute Gasteiger partial charge is 0.490 e. The lowest BCUT2D eigenvalue weighted by atomic mass is 9.98. The van der Waals surface area contributed by atoms with Crippen LogP contribution in [-0.4, -0.2) is 23.4 Å². The lowest BCUT2D eigenvalue weighted by molar-refractivity contribution is -0.0510. The van der Waals surface area contributed by atoms with Gasteiger partial charge in [-0.2, -0.15) is 0 Å². The molecule has 4 heteroatoms. The molecule has 2 fully saturated rings. The third-order valence-electron chi connectivity index (χ3n) is 4.51. The zero-order valence-corrected chi connectivity index (χ0v) is 12.4. The van der Waals surface area contributed by atoms with E-state index in [1.165, 1.54) is 25.7 Å². The second-order valence-electron chi connectivity index (χ2n) is 5.85. The molecule has 1 aromatic carbocycles. The van der Waals surface area contributed by atoms with Crippen molar-refractivity contribution in [3.8, 4) is 5.75 Å². The van der Waals surface area contributed by atoms with Crippen molar-refractivity contribution in [3.05, 3.63) is 28.8 Å². The molecule has 1 N–H and O–H groups in total. The van der Waals surface area contributed by atoms with Crippen molar-refractivity contribution < 1.29 is 14.6 Å². The fourth-order valence-electron chi connectivity index (χ4n) is 3.41. The molecule has 1 aromatic rings. The Morgan fingerprint density at radius 1 is 1.30 bits per heavy atom. The van der Waals surface area contributed by atoms with Gasteiger partial charge in [0.15, 0.2) is 0 Å². The first kappa shape index (κ1) is 14.2. The van der Waals surface area contributed by atoms with Crippen LogP contribution in [0, 0.1) is 0 Å². The fourth-order valence-corrected chi connectivity index (χ4v) is 3.64. The zero-order valence-electron chi connectivity index (χ0n) is 11.6. The van der Waals surface area contributed by atoms with Crippen molar-refractivity contribution in [2.75, 3.05) is 6.61 Å². The predicted octanol–water partition coefficient (Wildman–Crippen LogP) is 3.70. The molecule has 0 bridgehead atoms. The minimum absolute atomic E-state index is 0.107. The monoisotopic (exact) mass is 296 g/mol. The Hall–Kier alpha value is -0.770. The maximum absolute atomic E-state index is 9.36. The summed E-state index contributed by atoms with van der Waals surface area (Å²) in [7, 11) is 0. The van der Waals surface area contributed by atoms with E-state index in [9.17, 15) is 5.11 Å². The molecule has 2 aliphatic rings. The molecule has 1 heterocycles. The SMILES string of the molecule is OCc1c(Cl)cccc1OCC1CCC2(CCCC2)O1. The third-order valence-corrected chi connectivity index (χ3v) is 4.87. The Morgan fingerprint density at radius 3 is 2.85 bits per heavy atom. The number of benzene rings is 1. The van der Waals surface area contributed by atoms with Gasteiger partial charge in [0.1, 0.15) is 12.4 Å². The summed E-state index contributed by atoms with van der Waals surface area (Å²) in [6.07, 6.45) is 7.36. The molecule has 0 aromatic heterocycles. The number of hydrogen-bond acceptors (Lipinski definition) is 3. The molecule has 0 radical (unpaired) electrons. The maximum Gasteiger partial charge on any atom is 0.126 e. The smallest absolute Gasteiger partial charge is 0.126 e. The van der Waals surface area contributed by atoms with Crippen LogP contribution in [-0.2, 0) is 11.3 Å². The van der Waals surface area contributed by atoms with Crippen molar-refractivity contribution in [1.82, 2.24) is 0 Å². The first-order valence-corrected chi connectivity index (χ1v) is 7.79. The van der Waals surface area contributed by atoms with Crippen LogP contribution in [0.15, 0.2) is 18.2 Å². The first-order chi connectivity index (χ1) is 9.72. The molecule has 0 amide bonds. The number of aliphatic hydroxyl groups is 1. The number of aliphatic hydroxyl groups excluding tert-OH is 1. The Labute approximate surface area is 124 Å².